The lowest BCUT2D eigenvalue weighted by molar-refractivity contribution is -0.137. The van der Waals surface area contributed by atoms with Crippen LogP contribution in [0.5, 0.6) is 0 Å². The van der Waals surface area contributed by atoms with Gasteiger partial charge in [-0.25, -0.2) is 0 Å². The van der Waals surface area contributed by atoms with E-state index < -0.39 is 0 Å². The number of hydrogen-bond donors (Lipinski definition) is 0. The third kappa shape index (κ3) is 28.9. The summed E-state index contributed by atoms with van der Waals surface area (Å²) in [4.78, 5) is 9.59. The molecule has 0 aliphatic carbocycles. The van der Waals surface area contributed by atoms with Crippen molar-refractivity contribution >= 4 is 5.97 Å². The van der Waals surface area contributed by atoms with Crippen LogP contribution in [0.1, 0.15) is 58.6 Å². The highest BCUT2D eigenvalue weighted by molar-refractivity contribution is 5.65. The lowest BCUT2D eigenvalue weighted by atomic mass is 10.1. The predicted octanol–water partition coefficient (Wildman–Crippen LogP) is 6.55. The highest BCUT2D eigenvalue weighted by Gasteiger charge is 1.92. The zero-order valence-electron chi connectivity index (χ0n) is 18.6. The normalized spacial score (nSPS) is 8.00. The topological polar surface area (TPSA) is 35.5 Å². The van der Waals surface area contributed by atoms with E-state index in [1.165, 1.54) is 38.0 Å². The molecule has 3 nitrogen and oxygen atoms in total. The summed E-state index contributed by atoms with van der Waals surface area (Å²) in [5.74, 6) is -0.245. The van der Waals surface area contributed by atoms with Gasteiger partial charge in [-0.2, -0.15) is 0 Å². The van der Waals surface area contributed by atoms with Crippen LogP contribution >= 0.6 is 0 Å². The number of hydrogen-bond acceptors (Lipinski definition) is 3. The molecule has 0 bridgehead atoms. The minimum atomic E-state index is -0.245. The lowest BCUT2D eigenvalue weighted by Crippen LogP contribution is -1.88. The van der Waals surface area contributed by atoms with Gasteiger partial charge >= 0.3 is 5.97 Å². The van der Waals surface area contributed by atoms with Gasteiger partial charge in [-0.05, 0) is 17.5 Å². The van der Waals surface area contributed by atoms with Crippen molar-refractivity contribution in [3.63, 3.8) is 0 Å². The summed E-state index contributed by atoms with van der Waals surface area (Å²) >= 11 is 0. The first-order valence-electron chi connectivity index (χ1n) is 9.49. The maximum Gasteiger partial charge on any atom is 0.302 e. The van der Waals surface area contributed by atoms with Crippen LogP contribution in [0.2, 0.25) is 0 Å². The van der Waals surface area contributed by atoms with Gasteiger partial charge in [0.05, 0.1) is 7.11 Å². The second kappa shape index (κ2) is 26.1. The average Bonchev–Trinajstić information content (AvgIpc) is 2.66. The molecular formula is C24H40O3. The van der Waals surface area contributed by atoms with Crippen LogP contribution in [0.4, 0.5) is 0 Å². The number of esters is 1. The lowest BCUT2D eigenvalue weighted by Gasteiger charge is -2.00. The Bertz CT molecular complexity index is 453. The third-order valence-corrected chi connectivity index (χ3v) is 2.38. The first-order valence-corrected chi connectivity index (χ1v) is 9.49. The Labute approximate surface area is 167 Å². The average molecular weight is 377 g/mol. The van der Waals surface area contributed by atoms with Crippen LogP contribution in [0.25, 0.3) is 0 Å². The zero-order chi connectivity index (χ0) is 21.3. The summed E-state index contributed by atoms with van der Waals surface area (Å²) in [6, 6.07) is 21.1. The van der Waals surface area contributed by atoms with Crippen molar-refractivity contribution in [2.75, 3.05) is 21.3 Å². The Kier molecular flexibility index (Phi) is 28.6. The quantitative estimate of drug-likeness (QED) is 0.557. The first-order chi connectivity index (χ1) is 13.0. The van der Waals surface area contributed by atoms with Gasteiger partial charge in [-0.1, -0.05) is 101 Å². The molecule has 2 aromatic carbocycles. The SMILES string of the molecule is CCC.CCC.COC.COC(C)=O.c1ccc(Cc2ccccc2)cc1. The van der Waals surface area contributed by atoms with Crippen molar-refractivity contribution < 1.29 is 14.3 Å². The molecule has 2 rings (SSSR count). The summed E-state index contributed by atoms with van der Waals surface area (Å²) in [5.41, 5.74) is 2.74. The minimum absolute atomic E-state index is 0.245. The van der Waals surface area contributed by atoms with Crippen LogP contribution in [0, 0.1) is 0 Å². The maximum absolute atomic E-state index is 9.59. The van der Waals surface area contributed by atoms with Gasteiger partial charge in [0.15, 0.2) is 0 Å². The zero-order valence-corrected chi connectivity index (χ0v) is 18.6. The summed E-state index contributed by atoms with van der Waals surface area (Å²) < 4.78 is 8.36. The molecular weight excluding hydrogens is 336 g/mol. The highest BCUT2D eigenvalue weighted by atomic mass is 16.5. The second-order valence-corrected chi connectivity index (χ2v) is 5.67. The Morgan fingerprint density at radius 3 is 1.11 bits per heavy atom. The van der Waals surface area contributed by atoms with Gasteiger partial charge < -0.3 is 9.47 Å². The minimum Gasteiger partial charge on any atom is -0.469 e. The summed E-state index contributed by atoms with van der Waals surface area (Å²) in [6.07, 6.45) is 3.53. The van der Waals surface area contributed by atoms with E-state index in [0.717, 1.165) is 6.42 Å². The summed E-state index contributed by atoms with van der Waals surface area (Å²) in [5, 5.41) is 0. The number of methoxy groups -OCH3 is 2. The molecule has 3 heteroatoms. The summed E-state index contributed by atoms with van der Waals surface area (Å²) in [6.45, 7) is 9.86. The number of ether oxygens (including phenoxy) is 2. The fourth-order valence-corrected chi connectivity index (χ4v) is 1.43. The number of rotatable bonds is 2. The molecule has 0 saturated carbocycles. The predicted molar refractivity (Wildman–Crippen MR) is 118 cm³/mol. The molecule has 0 amide bonds. The van der Waals surface area contributed by atoms with E-state index in [0.29, 0.717) is 0 Å². The molecule has 0 unspecified atom stereocenters. The standard InChI is InChI=1S/C13H12.C3H6O2.2C3H8.C2H6O/c1-3-7-12(8-4-1)11-13-9-5-2-6-10-13;1-3(4)5-2;3*1-3-2/h1-10H,11H2;1-2H3;2*3H2,1-2H3;1-2H3. The molecule has 0 aliphatic heterocycles. The first kappa shape index (κ1) is 29.6. The van der Waals surface area contributed by atoms with Crippen molar-refractivity contribution in [3.05, 3.63) is 71.8 Å². The van der Waals surface area contributed by atoms with Crippen molar-refractivity contribution in [2.24, 2.45) is 0 Å². The highest BCUT2D eigenvalue weighted by Crippen LogP contribution is 2.07. The van der Waals surface area contributed by atoms with Gasteiger partial charge in [0, 0.05) is 21.1 Å². The Hall–Kier alpha value is -2.13. The van der Waals surface area contributed by atoms with E-state index in [1.54, 1.807) is 14.2 Å². The maximum atomic E-state index is 9.59. The molecule has 0 N–H and O–H groups in total. The Morgan fingerprint density at radius 2 is 0.926 bits per heavy atom. The fourth-order valence-electron chi connectivity index (χ4n) is 1.43. The molecule has 0 fully saturated rings. The van der Waals surface area contributed by atoms with E-state index >= 15 is 0 Å². The number of benzene rings is 2. The van der Waals surface area contributed by atoms with E-state index in [9.17, 15) is 4.79 Å². The van der Waals surface area contributed by atoms with Crippen LogP contribution in [0.15, 0.2) is 60.7 Å². The van der Waals surface area contributed by atoms with Crippen LogP contribution < -0.4 is 0 Å². The van der Waals surface area contributed by atoms with Crippen molar-refractivity contribution in [1.82, 2.24) is 0 Å². The van der Waals surface area contributed by atoms with Crippen LogP contribution in [0.3, 0.4) is 0 Å². The smallest absolute Gasteiger partial charge is 0.302 e. The molecule has 0 atom stereocenters. The molecule has 0 heterocycles. The molecule has 154 valence electrons. The van der Waals surface area contributed by atoms with Crippen molar-refractivity contribution in [3.8, 4) is 0 Å². The Morgan fingerprint density at radius 1 is 0.704 bits per heavy atom. The number of carbonyl (C=O) groups excluding carboxylic acids is 1. The molecule has 0 spiro atoms. The van der Waals surface area contributed by atoms with E-state index in [4.69, 9.17) is 0 Å². The second-order valence-electron chi connectivity index (χ2n) is 5.67. The molecule has 0 saturated heterocycles. The summed E-state index contributed by atoms with van der Waals surface area (Å²) in [7, 11) is 4.60. The van der Waals surface area contributed by atoms with Crippen molar-refractivity contribution in [1.29, 1.82) is 0 Å². The molecule has 0 radical (unpaired) electrons. The van der Waals surface area contributed by atoms with E-state index in [1.807, 2.05) is 0 Å². The van der Waals surface area contributed by atoms with Crippen LogP contribution in [-0.2, 0) is 20.7 Å². The van der Waals surface area contributed by atoms with Crippen LogP contribution in [-0.4, -0.2) is 27.3 Å². The number of carbonyl (C=O) groups is 1. The largest absolute Gasteiger partial charge is 0.469 e. The van der Waals surface area contributed by atoms with Gasteiger partial charge in [-0.15, -0.1) is 0 Å². The fraction of sp³-hybridized carbons (Fsp3) is 0.458. The monoisotopic (exact) mass is 376 g/mol. The van der Waals surface area contributed by atoms with Gasteiger partial charge in [0.25, 0.3) is 0 Å². The van der Waals surface area contributed by atoms with Crippen molar-refractivity contribution in [2.45, 2.75) is 53.9 Å². The van der Waals surface area contributed by atoms with E-state index in [-0.39, 0.29) is 5.97 Å². The molecule has 2 aromatic rings. The molecule has 0 aliphatic rings. The van der Waals surface area contributed by atoms with Gasteiger partial charge in [-0.3, -0.25) is 4.79 Å². The van der Waals surface area contributed by atoms with E-state index in [2.05, 4.69) is 97.8 Å². The van der Waals surface area contributed by atoms with Gasteiger partial charge in [0.2, 0.25) is 0 Å². The molecule has 27 heavy (non-hydrogen) atoms. The Balaban J connectivity index is -0.000000344. The molecule has 0 aromatic heterocycles. The third-order valence-electron chi connectivity index (χ3n) is 2.38. The van der Waals surface area contributed by atoms with Gasteiger partial charge in [0.1, 0.15) is 0 Å².